The quantitative estimate of drug-likeness (QED) is 0.821. The molecule has 1 atom stereocenters. The molecule has 6 heteroatoms. The summed E-state index contributed by atoms with van der Waals surface area (Å²) in [4.78, 5) is 26.2. The molecule has 1 unspecified atom stereocenters. The Morgan fingerprint density at radius 2 is 1.96 bits per heavy atom. The van der Waals surface area contributed by atoms with Crippen LogP contribution in [0.2, 0.25) is 0 Å². The van der Waals surface area contributed by atoms with Crippen LogP contribution in [-0.2, 0) is 4.79 Å². The summed E-state index contributed by atoms with van der Waals surface area (Å²) < 4.78 is 0.811. The highest BCUT2D eigenvalue weighted by Gasteiger charge is 2.41. The summed E-state index contributed by atoms with van der Waals surface area (Å²) in [5.41, 5.74) is 2.01. The largest absolute Gasteiger partial charge is 0.302 e. The Labute approximate surface area is 142 Å². The van der Waals surface area contributed by atoms with Crippen LogP contribution in [0.4, 0.5) is 0 Å². The molecule has 1 heterocycles. The third-order valence-corrected chi connectivity index (χ3v) is 4.36. The summed E-state index contributed by atoms with van der Waals surface area (Å²) in [6.07, 6.45) is -0.827. The molecular weight excluding hydrogens is 360 g/mol. The second-order valence-corrected chi connectivity index (χ2v) is 6.33. The first-order valence-corrected chi connectivity index (χ1v) is 7.91. The van der Waals surface area contributed by atoms with Crippen molar-refractivity contribution in [3.63, 3.8) is 0 Å². The maximum Gasteiger partial charge on any atom is 0.267 e. The van der Waals surface area contributed by atoms with Crippen molar-refractivity contribution in [3.05, 3.63) is 69.7 Å². The van der Waals surface area contributed by atoms with E-state index in [4.69, 9.17) is 0 Å². The molecule has 1 fully saturated rings. The van der Waals surface area contributed by atoms with Crippen LogP contribution in [-0.4, -0.2) is 33.5 Å². The van der Waals surface area contributed by atoms with Gasteiger partial charge in [-0.3, -0.25) is 14.8 Å². The number of carbonyl (C=O) groups excluding carboxylic acids is 2. The normalized spacial score (nSPS) is 17.7. The van der Waals surface area contributed by atoms with Gasteiger partial charge in [-0.15, -0.1) is 0 Å². The zero-order valence-electron chi connectivity index (χ0n) is 12.4. The summed E-state index contributed by atoms with van der Waals surface area (Å²) in [5.74, 6) is -0.783. The highest BCUT2D eigenvalue weighted by atomic mass is 79.9. The van der Waals surface area contributed by atoms with Crippen LogP contribution in [0, 0.1) is 6.92 Å². The van der Waals surface area contributed by atoms with Gasteiger partial charge in [-0.2, -0.15) is 5.06 Å². The number of rotatable bonds is 2. The van der Waals surface area contributed by atoms with Crippen molar-refractivity contribution in [2.75, 3.05) is 6.54 Å². The number of hydroxylamine groups is 2. The second kappa shape index (κ2) is 6.14. The molecule has 2 aromatic carbocycles. The fourth-order valence-corrected chi connectivity index (χ4v) is 3.13. The molecule has 23 heavy (non-hydrogen) atoms. The zero-order valence-corrected chi connectivity index (χ0v) is 14.0. The predicted octanol–water partition coefficient (Wildman–Crippen LogP) is 3.13. The molecule has 0 saturated carbocycles. The van der Waals surface area contributed by atoms with E-state index in [2.05, 4.69) is 15.9 Å². The smallest absolute Gasteiger partial charge is 0.267 e. The number of nitrogens with zero attached hydrogens (tertiary/aromatic N) is 2. The molecule has 1 saturated heterocycles. The van der Waals surface area contributed by atoms with Gasteiger partial charge in [-0.05, 0) is 36.2 Å². The highest BCUT2D eigenvalue weighted by molar-refractivity contribution is 9.10. The van der Waals surface area contributed by atoms with E-state index in [0.717, 1.165) is 10.0 Å². The van der Waals surface area contributed by atoms with Gasteiger partial charge in [0.1, 0.15) is 6.54 Å². The van der Waals surface area contributed by atoms with Crippen LogP contribution in [0.3, 0.4) is 0 Å². The number of benzene rings is 2. The molecule has 0 spiro atoms. The molecule has 2 aromatic rings. The lowest BCUT2D eigenvalue weighted by Gasteiger charge is -2.27. The fourth-order valence-electron chi connectivity index (χ4n) is 2.71. The van der Waals surface area contributed by atoms with Gasteiger partial charge in [-0.1, -0.05) is 46.3 Å². The van der Waals surface area contributed by atoms with Gasteiger partial charge >= 0.3 is 0 Å². The van der Waals surface area contributed by atoms with E-state index >= 15 is 0 Å². The molecular formula is C17H15BrN2O3. The van der Waals surface area contributed by atoms with Crippen LogP contribution in [0.15, 0.2) is 53.0 Å². The maximum atomic E-state index is 12.9. The van der Waals surface area contributed by atoms with Gasteiger partial charge in [0.2, 0.25) is 0 Å². The lowest BCUT2D eigenvalue weighted by molar-refractivity contribution is -0.168. The minimum Gasteiger partial charge on any atom is -0.302 e. The van der Waals surface area contributed by atoms with E-state index in [0.29, 0.717) is 16.2 Å². The Bertz CT molecular complexity index is 778. The van der Waals surface area contributed by atoms with Crippen molar-refractivity contribution < 1.29 is 14.8 Å². The number of halogens is 1. The molecule has 2 amide bonds. The van der Waals surface area contributed by atoms with Crippen molar-refractivity contribution in [3.8, 4) is 0 Å². The van der Waals surface area contributed by atoms with Gasteiger partial charge in [0, 0.05) is 10.0 Å². The van der Waals surface area contributed by atoms with Gasteiger partial charge in [0.15, 0.2) is 6.17 Å². The fraction of sp³-hybridized carbons (Fsp3) is 0.176. The van der Waals surface area contributed by atoms with E-state index in [1.54, 1.807) is 30.3 Å². The number of aryl methyl sites for hydroxylation is 1. The Hall–Kier alpha value is -2.18. The minimum absolute atomic E-state index is 0.152. The first-order chi connectivity index (χ1) is 11.0. The number of amides is 2. The monoisotopic (exact) mass is 374 g/mol. The topological polar surface area (TPSA) is 60.9 Å². The molecule has 0 aromatic heterocycles. The van der Waals surface area contributed by atoms with Crippen LogP contribution in [0.5, 0.6) is 0 Å². The third kappa shape index (κ3) is 2.87. The van der Waals surface area contributed by atoms with Crippen LogP contribution < -0.4 is 0 Å². The third-order valence-electron chi connectivity index (χ3n) is 3.87. The minimum atomic E-state index is -0.827. The van der Waals surface area contributed by atoms with Gasteiger partial charge < -0.3 is 4.90 Å². The Morgan fingerprint density at radius 1 is 1.22 bits per heavy atom. The Morgan fingerprint density at radius 3 is 2.65 bits per heavy atom. The zero-order chi connectivity index (χ0) is 16.6. The van der Waals surface area contributed by atoms with Crippen LogP contribution >= 0.6 is 15.9 Å². The van der Waals surface area contributed by atoms with Gasteiger partial charge in [0.25, 0.3) is 11.8 Å². The molecule has 1 N–H and O–H groups in total. The summed E-state index contributed by atoms with van der Waals surface area (Å²) in [7, 11) is 0. The van der Waals surface area contributed by atoms with E-state index in [1.807, 2.05) is 25.1 Å². The van der Waals surface area contributed by atoms with Crippen molar-refractivity contribution in [1.29, 1.82) is 0 Å². The average Bonchev–Trinajstić information content (AvgIpc) is 2.83. The van der Waals surface area contributed by atoms with E-state index < -0.39 is 12.1 Å². The predicted molar refractivity (Wildman–Crippen MR) is 87.7 cm³/mol. The molecule has 0 bridgehead atoms. The number of hydrogen-bond acceptors (Lipinski definition) is 3. The number of carbonyl (C=O) groups is 2. The summed E-state index contributed by atoms with van der Waals surface area (Å²) in [6.45, 7) is 1.69. The van der Waals surface area contributed by atoms with Crippen molar-refractivity contribution >= 4 is 27.7 Å². The SMILES string of the molecule is Cc1ccccc1C(=O)N1CC(=O)N(O)C1c1cccc(Br)c1. The summed E-state index contributed by atoms with van der Waals surface area (Å²) in [5, 5.41) is 10.7. The molecule has 0 aliphatic carbocycles. The van der Waals surface area contributed by atoms with Gasteiger partial charge in [-0.25, -0.2) is 0 Å². The lowest BCUT2D eigenvalue weighted by Crippen LogP contribution is -2.34. The van der Waals surface area contributed by atoms with E-state index in [9.17, 15) is 14.8 Å². The van der Waals surface area contributed by atoms with Crippen molar-refractivity contribution in [2.24, 2.45) is 0 Å². The first kappa shape index (κ1) is 15.7. The molecule has 118 valence electrons. The average molecular weight is 375 g/mol. The summed E-state index contributed by atoms with van der Waals surface area (Å²) >= 11 is 3.37. The standard InChI is InChI=1S/C17H15BrN2O3/c1-11-5-2-3-8-14(11)17(22)19-10-15(21)20(23)16(19)12-6-4-7-13(18)9-12/h2-9,16,23H,10H2,1H3. The van der Waals surface area contributed by atoms with Crippen molar-refractivity contribution in [1.82, 2.24) is 9.96 Å². The van der Waals surface area contributed by atoms with Crippen LogP contribution in [0.1, 0.15) is 27.7 Å². The molecule has 3 rings (SSSR count). The Balaban J connectivity index is 2.01. The molecule has 5 nitrogen and oxygen atoms in total. The summed E-state index contributed by atoms with van der Waals surface area (Å²) in [6, 6.07) is 14.4. The molecule has 1 aliphatic rings. The van der Waals surface area contributed by atoms with Crippen molar-refractivity contribution in [2.45, 2.75) is 13.1 Å². The van der Waals surface area contributed by atoms with Gasteiger partial charge in [0.05, 0.1) is 0 Å². The van der Waals surface area contributed by atoms with Crippen LogP contribution in [0.25, 0.3) is 0 Å². The lowest BCUT2D eigenvalue weighted by atomic mass is 10.1. The first-order valence-electron chi connectivity index (χ1n) is 7.12. The maximum absolute atomic E-state index is 12.9. The highest BCUT2D eigenvalue weighted by Crippen LogP contribution is 2.32. The molecule has 0 radical (unpaired) electrons. The number of hydrogen-bond donors (Lipinski definition) is 1. The second-order valence-electron chi connectivity index (χ2n) is 5.41. The van der Waals surface area contributed by atoms with E-state index in [-0.39, 0.29) is 12.5 Å². The van der Waals surface area contributed by atoms with E-state index in [1.165, 1.54) is 4.90 Å². The Kier molecular flexibility index (Phi) is 4.19. The molecule has 1 aliphatic heterocycles.